The molecule has 2 aromatic heterocycles. The number of rotatable bonds is 7. The van der Waals surface area contributed by atoms with E-state index in [0.29, 0.717) is 0 Å². The number of aryl methyl sites for hydroxylation is 1. The van der Waals surface area contributed by atoms with E-state index in [4.69, 9.17) is 0 Å². The summed E-state index contributed by atoms with van der Waals surface area (Å²) in [6.45, 7) is 4.83. The molecular formula is C24H32N6. The van der Waals surface area contributed by atoms with E-state index in [-0.39, 0.29) is 0 Å². The molecule has 0 spiro atoms. The van der Waals surface area contributed by atoms with Gasteiger partial charge in [-0.15, -0.1) is 0 Å². The Labute approximate surface area is 179 Å². The summed E-state index contributed by atoms with van der Waals surface area (Å²) in [7, 11) is 1.82. The highest BCUT2D eigenvalue weighted by Gasteiger charge is 2.12. The number of piperidine rings is 1. The van der Waals surface area contributed by atoms with Crippen molar-refractivity contribution in [1.29, 1.82) is 0 Å². The fourth-order valence-electron chi connectivity index (χ4n) is 4.06. The van der Waals surface area contributed by atoms with E-state index >= 15 is 0 Å². The standard InChI is InChI=1S/C24H32N6/c1-25-24(27-12-7-16-29-17-11-21-8-3-4-9-22(21)29)28-19-20-10-13-26-23(18-20)30-14-5-2-6-15-30/h3-4,8-11,13,17-18H,2,5-7,12,14-16,19H2,1H3,(H2,25,27,28). The Balaban J connectivity index is 1.23. The van der Waals surface area contributed by atoms with Crippen molar-refractivity contribution in [2.24, 2.45) is 4.99 Å². The molecule has 3 heterocycles. The molecule has 3 aromatic rings. The highest BCUT2D eigenvalue weighted by Crippen LogP contribution is 2.18. The minimum atomic E-state index is 0.741. The Kier molecular flexibility index (Phi) is 6.85. The number of aliphatic imine (C=N–C) groups is 1. The second kappa shape index (κ2) is 10.1. The minimum Gasteiger partial charge on any atom is -0.357 e. The van der Waals surface area contributed by atoms with Crippen LogP contribution < -0.4 is 15.5 Å². The van der Waals surface area contributed by atoms with Gasteiger partial charge in [0.25, 0.3) is 0 Å². The van der Waals surface area contributed by atoms with Crippen molar-refractivity contribution in [2.45, 2.75) is 38.8 Å². The first-order valence-electron chi connectivity index (χ1n) is 11.0. The van der Waals surface area contributed by atoms with Crippen molar-refractivity contribution >= 4 is 22.7 Å². The van der Waals surface area contributed by atoms with Crippen LogP contribution in [0.25, 0.3) is 10.9 Å². The first-order chi connectivity index (χ1) is 14.8. The van der Waals surface area contributed by atoms with Crippen molar-refractivity contribution in [3.63, 3.8) is 0 Å². The Morgan fingerprint density at radius 2 is 1.93 bits per heavy atom. The lowest BCUT2D eigenvalue weighted by Crippen LogP contribution is -2.37. The topological polar surface area (TPSA) is 57.5 Å². The average molecular weight is 405 g/mol. The van der Waals surface area contributed by atoms with Gasteiger partial charge in [-0.3, -0.25) is 4.99 Å². The molecule has 1 fully saturated rings. The maximum absolute atomic E-state index is 4.57. The summed E-state index contributed by atoms with van der Waals surface area (Å²) in [5.41, 5.74) is 2.52. The number of aromatic nitrogens is 2. The normalized spacial score (nSPS) is 14.8. The SMILES string of the molecule is CN=C(NCCCn1ccc2ccccc21)NCc1ccnc(N2CCCCC2)c1. The highest BCUT2D eigenvalue weighted by atomic mass is 15.2. The number of anilines is 1. The number of fused-ring (bicyclic) bond motifs is 1. The average Bonchev–Trinajstić information content (AvgIpc) is 3.22. The molecular weight excluding hydrogens is 372 g/mol. The van der Waals surface area contributed by atoms with Crippen molar-refractivity contribution in [1.82, 2.24) is 20.2 Å². The van der Waals surface area contributed by atoms with Gasteiger partial charge in [-0.25, -0.2) is 4.98 Å². The lowest BCUT2D eigenvalue weighted by Gasteiger charge is -2.28. The summed E-state index contributed by atoms with van der Waals surface area (Å²) < 4.78 is 2.31. The van der Waals surface area contributed by atoms with E-state index in [1.807, 2.05) is 13.2 Å². The van der Waals surface area contributed by atoms with Crippen molar-refractivity contribution in [2.75, 3.05) is 31.6 Å². The molecule has 6 heteroatoms. The molecule has 30 heavy (non-hydrogen) atoms. The number of benzene rings is 1. The Bertz CT molecular complexity index is 970. The molecule has 0 saturated carbocycles. The zero-order valence-electron chi connectivity index (χ0n) is 17.8. The Morgan fingerprint density at radius 3 is 2.80 bits per heavy atom. The molecule has 6 nitrogen and oxygen atoms in total. The van der Waals surface area contributed by atoms with Crippen LogP contribution in [0.5, 0.6) is 0 Å². The highest BCUT2D eigenvalue weighted by molar-refractivity contribution is 5.80. The lowest BCUT2D eigenvalue weighted by atomic mass is 10.1. The van der Waals surface area contributed by atoms with Crippen molar-refractivity contribution in [3.05, 3.63) is 60.4 Å². The molecule has 158 valence electrons. The van der Waals surface area contributed by atoms with Crippen LogP contribution in [-0.2, 0) is 13.1 Å². The van der Waals surface area contributed by atoms with E-state index < -0.39 is 0 Å². The third-order valence-electron chi connectivity index (χ3n) is 5.72. The smallest absolute Gasteiger partial charge is 0.191 e. The summed E-state index contributed by atoms with van der Waals surface area (Å²) in [6, 6.07) is 15.0. The molecule has 0 amide bonds. The molecule has 0 unspecified atom stereocenters. The molecule has 0 radical (unpaired) electrons. The summed E-state index contributed by atoms with van der Waals surface area (Å²) in [4.78, 5) is 11.3. The van der Waals surface area contributed by atoms with Crippen LogP contribution in [0.1, 0.15) is 31.2 Å². The fourth-order valence-corrected chi connectivity index (χ4v) is 4.06. The summed E-state index contributed by atoms with van der Waals surface area (Å²) in [5.74, 6) is 1.93. The Morgan fingerprint density at radius 1 is 1.07 bits per heavy atom. The van der Waals surface area contributed by atoms with Gasteiger partial charge in [0.05, 0.1) is 0 Å². The lowest BCUT2D eigenvalue weighted by molar-refractivity contribution is 0.573. The van der Waals surface area contributed by atoms with Gasteiger partial charge < -0.3 is 20.1 Å². The zero-order chi connectivity index (χ0) is 20.6. The van der Waals surface area contributed by atoms with Gasteiger partial charge in [0, 0.05) is 57.7 Å². The number of pyridine rings is 1. The van der Waals surface area contributed by atoms with Crippen LogP contribution in [0.2, 0.25) is 0 Å². The molecule has 2 N–H and O–H groups in total. The van der Waals surface area contributed by atoms with Crippen molar-refractivity contribution < 1.29 is 0 Å². The molecule has 0 bridgehead atoms. The van der Waals surface area contributed by atoms with Crippen LogP contribution in [0.3, 0.4) is 0 Å². The van der Waals surface area contributed by atoms with E-state index in [9.17, 15) is 0 Å². The van der Waals surface area contributed by atoms with Crippen LogP contribution in [0.4, 0.5) is 5.82 Å². The number of nitrogens with one attached hydrogen (secondary N) is 2. The number of nitrogens with zero attached hydrogens (tertiary/aromatic N) is 4. The minimum absolute atomic E-state index is 0.741. The van der Waals surface area contributed by atoms with Gasteiger partial charge in [0.1, 0.15) is 5.82 Å². The first-order valence-corrected chi connectivity index (χ1v) is 11.0. The molecule has 4 rings (SSSR count). The van der Waals surface area contributed by atoms with Gasteiger partial charge in [0.2, 0.25) is 0 Å². The van der Waals surface area contributed by atoms with Crippen LogP contribution >= 0.6 is 0 Å². The largest absolute Gasteiger partial charge is 0.357 e. The van der Waals surface area contributed by atoms with Gasteiger partial charge in [-0.2, -0.15) is 0 Å². The maximum Gasteiger partial charge on any atom is 0.191 e. The number of guanidine groups is 1. The predicted octanol–water partition coefficient (Wildman–Crippen LogP) is 3.78. The molecule has 0 aliphatic carbocycles. The Hall–Kier alpha value is -3.02. The van der Waals surface area contributed by atoms with Gasteiger partial charge >= 0.3 is 0 Å². The van der Waals surface area contributed by atoms with E-state index in [0.717, 1.165) is 50.9 Å². The van der Waals surface area contributed by atoms with E-state index in [1.165, 1.54) is 35.7 Å². The first kappa shape index (κ1) is 20.3. The molecule has 1 aliphatic heterocycles. The summed E-state index contributed by atoms with van der Waals surface area (Å²) in [6.07, 6.45) is 8.98. The fraction of sp³-hybridized carbons (Fsp3) is 0.417. The quantitative estimate of drug-likeness (QED) is 0.357. The van der Waals surface area contributed by atoms with Crippen LogP contribution in [0, 0.1) is 0 Å². The van der Waals surface area contributed by atoms with Gasteiger partial charge in [-0.1, -0.05) is 18.2 Å². The monoisotopic (exact) mass is 404 g/mol. The molecule has 1 saturated heterocycles. The van der Waals surface area contributed by atoms with E-state index in [1.54, 1.807) is 0 Å². The molecule has 0 atom stereocenters. The maximum atomic E-state index is 4.57. The molecule has 1 aromatic carbocycles. The van der Waals surface area contributed by atoms with Gasteiger partial charge in [-0.05, 0) is 60.9 Å². The second-order valence-corrected chi connectivity index (χ2v) is 7.84. The summed E-state index contributed by atoms with van der Waals surface area (Å²) >= 11 is 0. The van der Waals surface area contributed by atoms with Crippen LogP contribution in [-0.4, -0.2) is 42.2 Å². The number of hydrogen-bond donors (Lipinski definition) is 2. The third kappa shape index (κ3) is 5.12. The zero-order valence-corrected chi connectivity index (χ0v) is 17.8. The van der Waals surface area contributed by atoms with Crippen LogP contribution in [0.15, 0.2) is 59.9 Å². The van der Waals surface area contributed by atoms with Crippen molar-refractivity contribution in [3.8, 4) is 0 Å². The molecule has 1 aliphatic rings. The predicted molar refractivity (Wildman–Crippen MR) is 125 cm³/mol. The van der Waals surface area contributed by atoms with Gasteiger partial charge in [0.15, 0.2) is 5.96 Å². The van der Waals surface area contributed by atoms with E-state index in [2.05, 4.69) is 78.7 Å². The number of para-hydroxylation sites is 1. The summed E-state index contributed by atoms with van der Waals surface area (Å²) in [5, 5.41) is 8.15. The number of hydrogen-bond acceptors (Lipinski definition) is 3. The second-order valence-electron chi connectivity index (χ2n) is 7.84. The third-order valence-corrected chi connectivity index (χ3v) is 5.72.